The number of phenolic OH excluding ortho intramolecular Hbond substituents is 1. The number of anilines is 1. The third-order valence-electron chi connectivity index (χ3n) is 11.0. The molecule has 13 heteroatoms. The molecule has 2 aliphatic carbocycles. The van der Waals surface area contributed by atoms with Crippen LogP contribution in [0.25, 0.3) is 0 Å². The molecule has 2 heterocycles. The molecule has 4 amide bonds. The molecule has 0 unspecified atom stereocenters. The van der Waals surface area contributed by atoms with Gasteiger partial charge in [0.2, 0.25) is 11.8 Å². The van der Waals surface area contributed by atoms with Gasteiger partial charge in [-0.15, -0.1) is 0 Å². The first-order chi connectivity index (χ1) is 24.4. The number of hydrogen-bond acceptors (Lipinski definition) is 8. The van der Waals surface area contributed by atoms with Gasteiger partial charge in [0.15, 0.2) is 0 Å². The van der Waals surface area contributed by atoms with Crippen LogP contribution in [0.4, 0.5) is 5.69 Å². The standard InChI is InChI=1S/C38H35Cl2N3O8/c1-19-16-20(5-14-30(19)44)33-24-11-12-25-32(36(49)42(34(25)47)15-3-4-31(45)46)26(24)18-27-35(48)43(41-29-13-8-22(39)17-28(29)40)37(50)38(27,33)21-6-9-23(51-2)10-7-21/h5-11,13-14,16-17,25-27,32-33,41,44H,3-4,12,15,18H2,1-2H3,(H,45,46)/t25-,26+,27-,32-,33-,38+/m0/s1. The number of imide groups is 2. The Hall–Kier alpha value is -4.87. The van der Waals surface area contributed by atoms with Gasteiger partial charge < -0.3 is 14.9 Å². The molecule has 51 heavy (non-hydrogen) atoms. The van der Waals surface area contributed by atoms with Crippen molar-refractivity contribution in [3.8, 4) is 11.5 Å². The summed E-state index contributed by atoms with van der Waals surface area (Å²) in [5, 5.41) is 21.3. The van der Waals surface area contributed by atoms with Gasteiger partial charge in [0.25, 0.3) is 11.8 Å². The van der Waals surface area contributed by atoms with E-state index in [0.29, 0.717) is 27.5 Å². The number of nitrogens with one attached hydrogen (secondary N) is 1. The second-order valence-electron chi connectivity index (χ2n) is 13.6. The Labute approximate surface area is 303 Å². The van der Waals surface area contributed by atoms with Crippen LogP contribution in [0.15, 0.2) is 72.3 Å². The molecule has 0 spiro atoms. The minimum Gasteiger partial charge on any atom is -0.508 e. The number of carbonyl (C=O) groups excluding carboxylic acids is 4. The number of amides is 4. The number of methoxy groups -OCH3 is 1. The first-order valence-corrected chi connectivity index (χ1v) is 17.4. The van der Waals surface area contributed by atoms with Crippen molar-refractivity contribution < 1.29 is 38.9 Å². The van der Waals surface area contributed by atoms with E-state index in [9.17, 15) is 29.4 Å². The van der Waals surface area contributed by atoms with Crippen molar-refractivity contribution >= 4 is 58.5 Å². The number of carbonyl (C=O) groups is 5. The number of nitrogens with zero attached hydrogens (tertiary/aromatic N) is 2. The highest BCUT2D eigenvalue weighted by Gasteiger charge is 2.70. The lowest BCUT2D eigenvalue weighted by Gasteiger charge is -2.50. The first-order valence-electron chi connectivity index (χ1n) is 16.7. The molecule has 2 saturated heterocycles. The van der Waals surface area contributed by atoms with Crippen LogP contribution in [0.5, 0.6) is 11.5 Å². The number of carboxylic acids is 1. The van der Waals surface area contributed by atoms with Gasteiger partial charge in [-0.1, -0.05) is 59.1 Å². The molecule has 6 atom stereocenters. The fourth-order valence-corrected chi connectivity index (χ4v) is 9.20. The highest BCUT2D eigenvalue weighted by molar-refractivity contribution is 6.36. The van der Waals surface area contributed by atoms with E-state index in [1.54, 1.807) is 61.5 Å². The number of hydrogen-bond donors (Lipinski definition) is 3. The number of ether oxygens (including phenoxy) is 1. The molecule has 0 aromatic heterocycles. The number of halogens is 2. The number of carboxylic acid groups (broad SMARTS) is 1. The van der Waals surface area contributed by atoms with Crippen LogP contribution >= 0.6 is 23.2 Å². The summed E-state index contributed by atoms with van der Waals surface area (Å²) < 4.78 is 5.44. The lowest BCUT2D eigenvalue weighted by atomic mass is 9.49. The Balaban J connectivity index is 1.41. The summed E-state index contributed by atoms with van der Waals surface area (Å²) in [6.07, 6.45) is 2.20. The number of allylic oxidation sites excluding steroid dienone is 2. The molecule has 3 N–H and O–H groups in total. The summed E-state index contributed by atoms with van der Waals surface area (Å²) >= 11 is 12.6. The zero-order valence-electron chi connectivity index (χ0n) is 27.8. The summed E-state index contributed by atoms with van der Waals surface area (Å²) in [5.74, 6) is -6.08. The zero-order valence-corrected chi connectivity index (χ0v) is 29.3. The molecule has 0 radical (unpaired) electrons. The van der Waals surface area contributed by atoms with Crippen molar-refractivity contribution in [1.82, 2.24) is 9.91 Å². The Morgan fingerprint density at radius 1 is 0.980 bits per heavy atom. The van der Waals surface area contributed by atoms with E-state index >= 15 is 4.79 Å². The van der Waals surface area contributed by atoms with Gasteiger partial charge in [0.05, 0.1) is 41.0 Å². The molecule has 7 rings (SSSR count). The van der Waals surface area contributed by atoms with Crippen LogP contribution in [0.3, 0.4) is 0 Å². The maximum atomic E-state index is 15.3. The number of aliphatic carboxylic acids is 1. The number of likely N-dealkylation sites (tertiary alicyclic amines) is 1. The second-order valence-corrected chi connectivity index (χ2v) is 14.4. The molecule has 3 aromatic carbocycles. The molecule has 3 aromatic rings. The summed E-state index contributed by atoms with van der Waals surface area (Å²) in [4.78, 5) is 70.2. The average Bonchev–Trinajstić information content (AvgIpc) is 3.47. The number of aromatic hydroxyl groups is 1. The van der Waals surface area contributed by atoms with Crippen molar-refractivity contribution in [1.29, 1.82) is 0 Å². The smallest absolute Gasteiger partial charge is 0.303 e. The first kappa shape index (κ1) is 34.6. The molecule has 1 saturated carbocycles. The van der Waals surface area contributed by atoms with Crippen molar-refractivity contribution in [3.63, 3.8) is 0 Å². The summed E-state index contributed by atoms with van der Waals surface area (Å²) in [6.45, 7) is 1.73. The third kappa shape index (κ3) is 5.45. The van der Waals surface area contributed by atoms with Gasteiger partial charge in [-0.05, 0) is 85.2 Å². The largest absolute Gasteiger partial charge is 0.508 e. The maximum Gasteiger partial charge on any atom is 0.303 e. The Bertz CT molecular complexity index is 2020. The summed E-state index contributed by atoms with van der Waals surface area (Å²) in [7, 11) is 1.53. The van der Waals surface area contributed by atoms with Crippen LogP contribution in [0.1, 0.15) is 48.3 Å². The topological polar surface area (TPSA) is 154 Å². The third-order valence-corrected chi connectivity index (χ3v) is 11.5. The SMILES string of the molecule is COc1ccc([C@@]23C(=O)N(Nc4ccc(Cl)cc4Cl)C(=O)[C@@H]2C[C@@H]2C(=CC[C@@H]4C(=O)N(CCCC(=O)O)C(=O)[C@@H]42)[C@@H]3c2ccc(O)c(C)c2)cc1. The van der Waals surface area contributed by atoms with Crippen LogP contribution in [0, 0.1) is 30.6 Å². The summed E-state index contributed by atoms with van der Waals surface area (Å²) in [6, 6.07) is 16.7. The number of aryl methyl sites for hydroxylation is 1. The molecule has 4 aliphatic rings. The predicted octanol–water partition coefficient (Wildman–Crippen LogP) is 5.87. The van der Waals surface area contributed by atoms with Gasteiger partial charge in [-0.25, -0.2) is 0 Å². The minimum absolute atomic E-state index is 0.0181. The van der Waals surface area contributed by atoms with Gasteiger partial charge in [0.1, 0.15) is 11.5 Å². The Morgan fingerprint density at radius 3 is 2.39 bits per heavy atom. The summed E-state index contributed by atoms with van der Waals surface area (Å²) in [5.41, 5.74) is 4.25. The van der Waals surface area contributed by atoms with Gasteiger partial charge in [0, 0.05) is 23.9 Å². The van der Waals surface area contributed by atoms with E-state index in [0.717, 1.165) is 15.5 Å². The van der Waals surface area contributed by atoms with E-state index in [2.05, 4.69) is 5.43 Å². The molecule has 3 fully saturated rings. The molecular formula is C38H35Cl2N3O8. The lowest BCUT2D eigenvalue weighted by Crippen LogP contribution is -2.53. The molecule has 264 valence electrons. The molecular weight excluding hydrogens is 697 g/mol. The maximum absolute atomic E-state index is 15.3. The monoisotopic (exact) mass is 731 g/mol. The number of benzene rings is 3. The van der Waals surface area contributed by atoms with E-state index in [1.165, 1.54) is 13.2 Å². The Morgan fingerprint density at radius 2 is 1.73 bits per heavy atom. The van der Waals surface area contributed by atoms with Crippen LogP contribution in [-0.4, -0.2) is 63.4 Å². The highest BCUT2D eigenvalue weighted by Crippen LogP contribution is 2.64. The second kappa shape index (κ2) is 13.0. The number of hydrazine groups is 1. The predicted molar refractivity (Wildman–Crippen MR) is 187 cm³/mol. The zero-order chi connectivity index (χ0) is 36.4. The average molecular weight is 733 g/mol. The van der Waals surface area contributed by atoms with E-state index in [-0.39, 0.29) is 54.6 Å². The van der Waals surface area contributed by atoms with Crippen molar-refractivity contribution in [3.05, 3.63) is 99.0 Å². The fourth-order valence-electron chi connectivity index (χ4n) is 8.75. The number of fused-ring (bicyclic) bond motifs is 4. The van der Waals surface area contributed by atoms with Crippen molar-refractivity contribution in [2.75, 3.05) is 19.1 Å². The normalized spacial score (nSPS) is 26.8. The van der Waals surface area contributed by atoms with E-state index in [4.69, 9.17) is 27.9 Å². The number of phenols is 1. The van der Waals surface area contributed by atoms with E-state index in [1.807, 2.05) is 6.08 Å². The van der Waals surface area contributed by atoms with Crippen LogP contribution < -0.4 is 10.2 Å². The molecule has 11 nitrogen and oxygen atoms in total. The fraction of sp³-hybridized carbons (Fsp3) is 0.342. The quantitative estimate of drug-likeness (QED) is 0.181. The van der Waals surface area contributed by atoms with Gasteiger partial charge in [-0.2, -0.15) is 5.01 Å². The van der Waals surface area contributed by atoms with Gasteiger partial charge >= 0.3 is 5.97 Å². The lowest BCUT2D eigenvalue weighted by molar-refractivity contribution is -0.142. The molecule has 0 bridgehead atoms. The van der Waals surface area contributed by atoms with Crippen molar-refractivity contribution in [2.45, 2.75) is 43.9 Å². The minimum atomic E-state index is -1.53. The Kier molecular flexibility index (Phi) is 8.83. The van der Waals surface area contributed by atoms with Crippen LogP contribution in [-0.2, 0) is 29.4 Å². The van der Waals surface area contributed by atoms with E-state index < -0.39 is 58.7 Å². The van der Waals surface area contributed by atoms with Crippen molar-refractivity contribution in [2.24, 2.45) is 23.7 Å². The van der Waals surface area contributed by atoms with Gasteiger partial charge in [-0.3, -0.25) is 34.3 Å². The van der Waals surface area contributed by atoms with Crippen LogP contribution in [0.2, 0.25) is 10.0 Å². The molecule has 2 aliphatic heterocycles. The number of rotatable bonds is 9. The highest BCUT2D eigenvalue weighted by atomic mass is 35.5.